The van der Waals surface area contributed by atoms with Gasteiger partial charge in [0.2, 0.25) is 5.91 Å². The van der Waals surface area contributed by atoms with Gasteiger partial charge in [-0.05, 0) is 46.5 Å². The summed E-state index contributed by atoms with van der Waals surface area (Å²) >= 11 is 1.66. The van der Waals surface area contributed by atoms with Crippen molar-refractivity contribution in [2.45, 2.75) is 53.0 Å². The van der Waals surface area contributed by atoms with E-state index in [-0.39, 0.29) is 5.91 Å². The molecule has 5 heteroatoms. The minimum Gasteiger partial charge on any atom is -0.340 e. The Morgan fingerprint density at radius 1 is 1.25 bits per heavy atom. The summed E-state index contributed by atoms with van der Waals surface area (Å²) in [5.41, 5.74) is 2.40. The first-order valence-electron chi connectivity index (χ1n) is 9.00. The van der Waals surface area contributed by atoms with E-state index in [4.69, 9.17) is 0 Å². The van der Waals surface area contributed by atoms with Crippen molar-refractivity contribution in [1.29, 1.82) is 0 Å². The lowest BCUT2D eigenvalue weighted by molar-refractivity contribution is -0.130. The van der Waals surface area contributed by atoms with Crippen LogP contribution in [0.3, 0.4) is 0 Å². The van der Waals surface area contributed by atoms with Crippen LogP contribution in [0.15, 0.2) is 11.6 Å². The number of thiazole rings is 1. The summed E-state index contributed by atoms with van der Waals surface area (Å²) in [6.45, 7) is 12.3. The van der Waals surface area contributed by atoms with Gasteiger partial charge < -0.3 is 4.90 Å². The topological polar surface area (TPSA) is 36.4 Å². The Kier molecular flexibility index (Phi) is 5.40. The molecule has 1 aromatic rings. The lowest BCUT2D eigenvalue weighted by Gasteiger charge is -2.35. The normalized spacial score (nSPS) is 24.1. The van der Waals surface area contributed by atoms with Crippen LogP contribution in [0.5, 0.6) is 0 Å². The molecule has 0 unspecified atom stereocenters. The number of aromatic nitrogens is 1. The lowest BCUT2D eigenvalue weighted by atomic mass is 9.95. The van der Waals surface area contributed by atoms with Crippen LogP contribution in [-0.2, 0) is 11.2 Å². The summed E-state index contributed by atoms with van der Waals surface area (Å²) in [6, 6.07) is 0.521. The maximum Gasteiger partial charge on any atom is 0.227 e. The Bertz CT molecular complexity index is 633. The summed E-state index contributed by atoms with van der Waals surface area (Å²) in [5.74, 6) is 0.908. The molecule has 3 aliphatic heterocycles. The first-order valence-corrected chi connectivity index (χ1v) is 9.82. The number of hydrogen-bond donors (Lipinski definition) is 0. The molecule has 132 valence electrons. The van der Waals surface area contributed by atoms with E-state index in [2.05, 4.69) is 34.7 Å². The molecular weight excluding hydrogens is 318 g/mol. The molecule has 3 aliphatic rings. The van der Waals surface area contributed by atoms with Gasteiger partial charge in [-0.25, -0.2) is 4.98 Å². The fraction of sp³-hybridized carbons (Fsp3) is 0.684. The molecule has 24 heavy (non-hydrogen) atoms. The molecule has 0 saturated carbocycles. The number of carbonyl (C=O) groups excluding carboxylic acids is 1. The summed E-state index contributed by atoms with van der Waals surface area (Å²) in [7, 11) is 0. The molecule has 1 amide bonds. The molecule has 2 atom stereocenters. The van der Waals surface area contributed by atoms with Gasteiger partial charge in [0, 0.05) is 37.1 Å². The van der Waals surface area contributed by atoms with E-state index in [0.29, 0.717) is 18.4 Å². The molecule has 4 rings (SSSR count). The highest BCUT2D eigenvalue weighted by atomic mass is 32.1. The zero-order valence-corrected chi connectivity index (χ0v) is 16.2. The molecule has 3 saturated heterocycles. The van der Waals surface area contributed by atoms with Gasteiger partial charge in [-0.1, -0.05) is 11.6 Å². The SMILES string of the molecule is CC(C)=CCN1C[C@H]2CC[C@@H]1CN(C(=O)Cc1sc(C)nc1C)C2. The standard InChI is InChI=1S/C19H29N3OS/c1-13(2)7-8-21-10-16-5-6-17(21)12-22(11-16)19(23)9-18-14(3)20-15(4)24-18/h7,16-17H,5-6,8-12H2,1-4H3/t16-,17-/m1/s1. The number of amides is 1. The van der Waals surface area contributed by atoms with Crippen molar-refractivity contribution in [2.75, 3.05) is 26.2 Å². The van der Waals surface area contributed by atoms with Crippen LogP contribution < -0.4 is 0 Å². The lowest BCUT2D eigenvalue weighted by Crippen LogP contribution is -2.44. The van der Waals surface area contributed by atoms with E-state index >= 15 is 0 Å². The van der Waals surface area contributed by atoms with Crippen molar-refractivity contribution >= 4 is 17.2 Å². The zero-order valence-electron chi connectivity index (χ0n) is 15.3. The van der Waals surface area contributed by atoms with Crippen LogP contribution in [0, 0.1) is 19.8 Å². The van der Waals surface area contributed by atoms with Gasteiger partial charge >= 0.3 is 0 Å². The van der Waals surface area contributed by atoms with Gasteiger partial charge in [0.25, 0.3) is 0 Å². The van der Waals surface area contributed by atoms with Gasteiger partial charge in [0.05, 0.1) is 17.1 Å². The molecular formula is C19H29N3OS. The molecule has 1 aromatic heterocycles. The predicted molar refractivity (Wildman–Crippen MR) is 99.4 cm³/mol. The van der Waals surface area contributed by atoms with E-state index < -0.39 is 0 Å². The first-order chi connectivity index (χ1) is 11.4. The van der Waals surface area contributed by atoms with Crippen molar-refractivity contribution < 1.29 is 4.79 Å². The Morgan fingerprint density at radius 3 is 2.71 bits per heavy atom. The average Bonchev–Trinajstić information content (AvgIpc) is 2.71. The van der Waals surface area contributed by atoms with E-state index in [9.17, 15) is 4.79 Å². The summed E-state index contributed by atoms with van der Waals surface area (Å²) < 4.78 is 0. The maximum absolute atomic E-state index is 12.8. The highest BCUT2D eigenvalue weighted by Gasteiger charge is 2.36. The second kappa shape index (κ2) is 7.36. The minimum atomic E-state index is 0.280. The summed E-state index contributed by atoms with van der Waals surface area (Å²) in [5, 5.41) is 1.05. The monoisotopic (exact) mass is 347 g/mol. The molecule has 0 spiro atoms. The maximum atomic E-state index is 12.8. The Labute approximate surface area is 149 Å². The number of piperidine rings is 1. The van der Waals surface area contributed by atoms with Crippen LogP contribution in [0.1, 0.15) is 42.3 Å². The largest absolute Gasteiger partial charge is 0.340 e. The number of hydrogen-bond acceptors (Lipinski definition) is 4. The van der Waals surface area contributed by atoms with Crippen molar-refractivity contribution in [1.82, 2.24) is 14.8 Å². The Morgan fingerprint density at radius 2 is 2.04 bits per heavy atom. The van der Waals surface area contributed by atoms with Crippen molar-refractivity contribution in [2.24, 2.45) is 5.92 Å². The van der Waals surface area contributed by atoms with Gasteiger partial charge in [-0.2, -0.15) is 0 Å². The summed E-state index contributed by atoms with van der Waals surface area (Å²) in [4.78, 5) is 23.1. The van der Waals surface area contributed by atoms with Crippen LogP contribution in [0.25, 0.3) is 0 Å². The van der Waals surface area contributed by atoms with Gasteiger partial charge in [-0.3, -0.25) is 9.69 Å². The average molecular weight is 348 g/mol. The van der Waals surface area contributed by atoms with E-state index in [1.165, 1.54) is 18.4 Å². The molecule has 0 aliphatic carbocycles. The number of nitrogens with zero attached hydrogens (tertiary/aromatic N) is 3. The number of rotatable bonds is 4. The zero-order chi connectivity index (χ0) is 17.3. The second-order valence-corrected chi connectivity index (χ2v) is 8.84. The molecule has 4 nitrogen and oxygen atoms in total. The highest BCUT2D eigenvalue weighted by molar-refractivity contribution is 7.11. The summed E-state index contributed by atoms with van der Waals surface area (Å²) in [6.07, 6.45) is 5.32. The molecule has 0 N–H and O–H groups in total. The third kappa shape index (κ3) is 4.06. The third-order valence-electron chi connectivity index (χ3n) is 5.23. The fourth-order valence-electron chi connectivity index (χ4n) is 3.89. The van der Waals surface area contributed by atoms with Crippen LogP contribution in [-0.4, -0.2) is 52.9 Å². The Balaban J connectivity index is 1.66. The molecule has 0 radical (unpaired) electrons. The number of carbonyl (C=O) groups is 1. The van der Waals surface area contributed by atoms with Crippen molar-refractivity contribution in [3.8, 4) is 0 Å². The smallest absolute Gasteiger partial charge is 0.227 e. The van der Waals surface area contributed by atoms with Gasteiger partial charge in [-0.15, -0.1) is 11.3 Å². The third-order valence-corrected chi connectivity index (χ3v) is 6.30. The van der Waals surface area contributed by atoms with E-state index in [1.54, 1.807) is 11.3 Å². The molecule has 0 aromatic carbocycles. The van der Waals surface area contributed by atoms with Crippen LogP contribution >= 0.6 is 11.3 Å². The fourth-order valence-corrected chi connectivity index (χ4v) is 4.82. The second-order valence-electron chi connectivity index (χ2n) is 7.55. The predicted octanol–water partition coefficient (Wildman–Crippen LogP) is 3.19. The van der Waals surface area contributed by atoms with Gasteiger partial charge in [0.15, 0.2) is 0 Å². The molecule has 3 fully saturated rings. The van der Waals surface area contributed by atoms with E-state index in [1.807, 2.05) is 13.8 Å². The first kappa shape index (κ1) is 17.6. The number of fused-ring (bicyclic) bond motifs is 4. The van der Waals surface area contributed by atoms with Gasteiger partial charge in [0.1, 0.15) is 0 Å². The Hall–Kier alpha value is -1.20. The quantitative estimate of drug-likeness (QED) is 0.785. The van der Waals surface area contributed by atoms with Crippen LogP contribution in [0.4, 0.5) is 0 Å². The molecule has 4 heterocycles. The molecule has 2 bridgehead atoms. The highest BCUT2D eigenvalue weighted by Crippen LogP contribution is 2.29. The number of allylic oxidation sites excluding steroid dienone is 1. The van der Waals surface area contributed by atoms with Crippen molar-refractivity contribution in [3.05, 3.63) is 27.2 Å². The number of aryl methyl sites for hydroxylation is 2. The van der Waals surface area contributed by atoms with E-state index in [0.717, 1.165) is 41.8 Å². The minimum absolute atomic E-state index is 0.280. The van der Waals surface area contributed by atoms with Crippen LogP contribution in [0.2, 0.25) is 0 Å². The van der Waals surface area contributed by atoms with Crippen molar-refractivity contribution in [3.63, 3.8) is 0 Å².